The summed E-state index contributed by atoms with van der Waals surface area (Å²) in [5.74, 6) is 1.39. The summed E-state index contributed by atoms with van der Waals surface area (Å²) in [5, 5.41) is 16.2. The molecule has 0 amide bonds. The summed E-state index contributed by atoms with van der Waals surface area (Å²) in [5.41, 5.74) is 5.47. The van der Waals surface area contributed by atoms with Crippen LogP contribution in [-0.2, 0) is 6.54 Å². The van der Waals surface area contributed by atoms with Gasteiger partial charge in [0.15, 0.2) is 5.82 Å². The lowest BCUT2D eigenvalue weighted by atomic mass is 10.6. The molecule has 0 atom stereocenters. The number of nitrogen functional groups attached to an aromatic ring is 1. The third-order valence-electron chi connectivity index (χ3n) is 1.47. The average molecular weight is 192 g/mol. The van der Waals surface area contributed by atoms with Gasteiger partial charge in [-0.25, -0.2) is 4.98 Å². The third-order valence-corrected chi connectivity index (χ3v) is 1.47. The topological polar surface area (TPSA) is 118 Å². The first kappa shape index (κ1) is 8.35. The second-order valence-electron chi connectivity index (χ2n) is 2.49. The van der Waals surface area contributed by atoms with E-state index in [1.165, 1.54) is 0 Å². The highest BCUT2D eigenvalue weighted by Crippen LogP contribution is 2.01. The molecule has 0 radical (unpaired) electrons. The van der Waals surface area contributed by atoms with Crippen molar-refractivity contribution >= 4 is 11.8 Å². The Balaban J connectivity index is 1.98. The lowest BCUT2D eigenvalue weighted by Gasteiger charge is -2.00. The number of nitrogens with one attached hydrogen (secondary N) is 2. The summed E-state index contributed by atoms with van der Waals surface area (Å²) in [4.78, 5) is 7.89. The molecule has 0 aromatic carbocycles. The van der Waals surface area contributed by atoms with Crippen molar-refractivity contribution in [3.63, 3.8) is 0 Å². The number of hydrogen-bond donors (Lipinski definition) is 3. The van der Waals surface area contributed by atoms with Gasteiger partial charge in [0.05, 0.1) is 6.54 Å². The number of aromatic nitrogens is 6. The van der Waals surface area contributed by atoms with Gasteiger partial charge < -0.3 is 11.1 Å². The molecular formula is C6H8N8. The summed E-state index contributed by atoms with van der Waals surface area (Å²) < 4.78 is 0. The van der Waals surface area contributed by atoms with Gasteiger partial charge >= 0.3 is 0 Å². The molecule has 2 heterocycles. The van der Waals surface area contributed by atoms with E-state index in [9.17, 15) is 0 Å². The monoisotopic (exact) mass is 192 g/mol. The van der Waals surface area contributed by atoms with Crippen LogP contribution in [0.15, 0.2) is 12.3 Å². The van der Waals surface area contributed by atoms with Crippen molar-refractivity contribution < 1.29 is 0 Å². The molecule has 0 bridgehead atoms. The van der Waals surface area contributed by atoms with Gasteiger partial charge in [0, 0.05) is 6.20 Å². The molecular weight excluding hydrogens is 184 g/mol. The van der Waals surface area contributed by atoms with Gasteiger partial charge in [-0.2, -0.15) is 10.2 Å². The van der Waals surface area contributed by atoms with Crippen molar-refractivity contribution in [3.05, 3.63) is 18.1 Å². The number of anilines is 2. The lowest BCUT2D eigenvalue weighted by molar-refractivity contribution is 0.881. The number of nitrogens with zero attached hydrogens (tertiary/aromatic N) is 5. The molecule has 8 nitrogen and oxygen atoms in total. The molecule has 72 valence electrons. The van der Waals surface area contributed by atoms with E-state index in [0.717, 1.165) is 0 Å². The van der Waals surface area contributed by atoms with Crippen molar-refractivity contribution in [2.75, 3.05) is 11.1 Å². The molecule has 2 aromatic rings. The van der Waals surface area contributed by atoms with Crippen LogP contribution in [0.5, 0.6) is 0 Å². The van der Waals surface area contributed by atoms with Crippen molar-refractivity contribution in [3.8, 4) is 0 Å². The second kappa shape index (κ2) is 3.64. The van der Waals surface area contributed by atoms with E-state index in [-0.39, 0.29) is 0 Å². The largest absolute Gasteiger partial charge is 0.384 e. The van der Waals surface area contributed by atoms with Crippen molar-refractivity contribution in [2.24, 2.45) is 0 Å². The summed E-state index contributed by atoms with van der Waals surface area (Å²) in [6.07, 6.45) is 1.57. The van der Waals surface area contributed by atoms with E-state index in [2.05, 4.69) is 35.9 Å². The van der Waals surface area contributed by atoms with Gasteiger partial charge in [-0.05, 0) is 6.07 Å². The van der Waals surface area contributed by atoms with Gasteiger partial charge in [0.1, 0.15) is 5.82 Å². The van der Waals surface area contributed by atoms with Crippen LogP contribution in [0.1, 0.15) is 5.82 Å². The fraction of sp³-hybridized carbons (Fsp3) is 0.167. The predicted octanol–water partition coefficient (Wildman–Crippen LogP) is -0.816. The number of nitrogens with two attached hydrogens (primary N) is 1. The van der Waals surface area contributed by atoms with Crippen molar-refractivity contribution in [1.82, 2.24) is 30.6 Å². The fourth-order valence-corrected chi connectivity index (χ4v) is 0.873. The van der Waals surface area contributed by atoms with Crippen molar-refractivity contribution in [1.29, 1.82) is 0 Å². The van der Waals surface area contributed by atoms with Gasteiger partial charge in [0.25, 0.3) is 0 Å². The zero-order chi connectivity index (χ0) is 9.80. The first-order valence-corrected chi connectivity index (χ1v) is 3.89. The van der Waals surface area contributed by atoms with Crippen LogP contribution in [0.2, 0.25) is 0 Å². The van der Waals surface area contributed by atoms with Crippen LogP contribution >= 0.6 is 0 Å². The highest BCUT2D eigenvalue weighted by molar-refractivity contribution is 5.34. The van der Waals surface area contributed by atoms with Crippen LogP contribution in [-0.4, -0.2) is 30.6 Å². The van der Waals surface area contributed by atoms with E-state index >= 15 is 0 Å². The smallest absolute Gasteiger partial charge is 0.224 e. The van der Waals surface area contributed by atoms with Gasteiger partial charge in [-0.1, -0.05) is 5.21 Å². The maximum atomic E-state index is 5.47. The lowest BCUT2D eigenvalue weighted by Crippen LogP contribution is -2.05. The molecule has 0 unspecified atom stereocenters. The first-order chi connectivity index (χ1) is 6.84. The Morgan fingerprint density at radius 1 is 1.50 bits per heavy atom. The molecule has 8 heteroatoms. The van der Waals surface area contributed by atoms with Crippen LogP contribution in [0.3, 0.4) is 0 Å². The van der Waals surface area contributed by atoms with E-state index < -0.39 is 0 Å². The van der Waals surface area contributed by atoms with E-state index in [4.69, 9.17) is 5.73 Å². The maximum Gasteiger partial charge on any atom is 0.224 e. The Kier molecular flexibility index (Phi) is 2.17. The molecule has 0 aliphatic heterocycles. The fourth-order valence-electron chi connectivity index (χ4n) is 0.873. The normalized spacial score (nSPS) is 10.0. The molecule has 0 saturated carbocycles. The highest BCUT2D eigenvalue weighted by atomic mass is 15.5. The number of hydrogen-bond acceptors (Lipinski definition) is 7. The minimum atomic E-state index is 0.403. The molecule has 2 rings (SSSR count). The zero-order valence-corrected chi connectivity index (χ0v) is 7.18. The molecule has 0 saturated heterocycles. The second-order valence-corrected chi connectivity index (χ2v) is 2.49. The molecule has 4 N–H and O–H groups in total. The van der Waals surface area contributed by atoms with E-state index in [0.29, 0.717) is 24.1 Å². The molecule has 2 aromatic heterocycles. The average Bonchev–Trinajstić information content (AvgIpc) is 2.67. The molecule has 0 aliphatic carbocycles. The van der Waals surface area contributed by atoms with E-state index in [1.807, 2.05) is 0 Å². The van der Waals surface area contributed by atoms with Crippen LogP contribution < -0.4 is 11.1 Å². The van der Waals surface area contributed by atoms with Crippen LogP contribution in [0.4, 0.5) is 11.8 Å². The summed E-state index contributed by atoms with van der Waals surface area (Å²) >= 11 is 0. The molecule has 14 heavy (non-hydrogen) atoms. The third kappa shape index (κ3) is 1.91. The van der Waals surface area contributed by atoms with Crippen LogP contribution in [0, 0.1) is 0 Å². The Morgan fingerprint density at radius 2 is 2.43 bits per heavy atom. The summed E-state index contributed by atoms with van der Waals surface area (Å²) in [7, 11) is 0. The number of rotatable bonds is 3. The molecule has 0 spiro atoms. The maximum absolute atomic E-state index is 5.47. The predicted molar refractivity (Wildman–Crippen MR) is 47.9 cm³/mol. The highest BCUT2D eigenvalue weighted by Gasteiger charge is 1.99. The van der Waals surface area contributed by atoms with Gasteiger partial charge in [-0.3, -0.25) is 0 Å². The van der Waals surface area contributed by atoms with Gasteiger partial charge in [-0.15, -0.1) is 10.2 Å². The summed E-state index contributed by atoms with van der Waals surface area (Å²) in [6, 6.07) is 1.61. The van der Waals surface area contributed by atoms with E-state index in [1.54, 1.807) is 12.3 Å². The van der Waals surface area contributed by atoms with Gasteiger partial charge in [0.2, 0.25) is 5.95 Å². The Bertz CT molecular complexity index is 396. The number of H-pyrrole nitrogens is 1. The summed E-state index contributed by atoms with van der Waals surface area (Å²) in [6.45, 7) is 0.403. The minimum absolute atomic E-state index is 0.403. The Morgan fingerprint density at radius 3 is 3.14 bits per heavy atom. The van der Waals surface area contributed by atoms with Crippen LogP contribution in [0.25, 0.3) is 0 Å². The zero-order valence-electron chi connectivity index (χ0n) is 7.18. The number of tetrazole rings is 1. The molecule has 0 aliphatic rings. The Hall–Kier alpha value is -2.25. The SMILES string of the molecule is Nc1ccnc(NCc2nn[nH]n2)n1. The van der Waals surface area contributed by atoms with Crippen molar-refractivity contribution in [2.45, 2.75) is 6.54 Å². The first-order valence-electron chi connectivity index (χ1n) is 3.89. The standard InChI is InChI=1S/C6H8N8/c7-4-1-2-8-6(10-4)9-3-5-11-13-14-12-5/h1-2H,3H2,(H3,7,8,9,10)(H,11,12,13,14). The number of aromatic amines is 1. The molecule has 0 fully saturated rings. The quantitative estimate of drug-likeness (QED) is 0.581. The Labute approximate surface area is 79.0 Å². The minimum Gasteiger partial charge on any atom is -0.384 e.